The second kappa shape index (κ2) is 6.71. The van der Waals surface area contributed by atoms with Crippen LogP contribution in [0, 0.1) is 0 Å². The molecule has 118 valence electrons. The summed E-state index contributed by atoms with van der Waals surface area (Å²) in [4.78, 5) is 2.09. The van der Waals surface area contributed by atoms with Gasteiger partial charge >= 0.3 is 0 Å². The Morgan fingerprint density at radius 3 is 2.68 bits per heavy atom. The summed E-state index contributed by atoms with van der Waals surface area (Å²) in [5.74, 6) is 1.85. The van der Waals surface area contributed by atoms with Gasteiger partial charge in [0.05, 0.1) is 6.10 Å². The summed E-state index contributed by atoms with van der Waals surface area (Å²) in [6.07, 6.45) is 2.70. The van der Waals surface area contributed by atoms with E-state index in [1.54, 1.807) is 11.8 Å². The maximum Gasteiger partial charge on any atom is 0.191 e. The third kappa shape index (κ3) is 3.28. The molecule has 1 atom stereocenters. The molecule has 0 amide bonds. The highest BCUT2D eigenvalue weighted by Crippen LogP contribution is 2.26. The number of ether oxygens (including phenoxy) is 1. The predicted molar refractivity (Wildman–Crippen MR) is 90.5 cm³/mol. The fourth-order valence-electron chi connectivity index (χ4n) is 2.54. The Morgan fingerprint density at radius 1 is 1.27 bits per heavy atom. The molecule has 0 bridgehead atoms. The van der Waals surface area contributed by atoms with E-state index in [0.717, 1.165) is 35.3 Å². The average Bonchev–Trinajstić information content (AvgIpc) is 3.15. The number of anilines is 1. The Labute approximate surface area is 135 Å². The molecule has 0 spiro atoms. The van der Waals surface area contributed by atoms with Crippen LogP contribution >= 0.6 is 11.8 Å². The number of rotatable bonds is 5. The van der Waals surface area contributed by atoms with Crippen molar-refractivity contribution in [3.63, 3.8) is 0 Å². The number of nitrogens with zero attached hydrogens (tertiary/aromatic N) is 4. The topological polar surface area (TPSA) is 43.2 Å². The molecule has 2 aromatic rings. The zero-order chi connectivity index (χ0) is 15.5. The van der Waals surface area contributed by atoms with Crippen molar-refractivity contribution in [2.75, 3.05) is 31.4 Å². The maximum atomic E-state index is 5.66. The predicted octanol–water partition coefficient (Wildman–Crippen LogP) is 2.82. The van der Waals surface area contributed by atoms with Gasteiger partial charge in [0.15, 0.2) is 11.0 Å². The molecule has 2 heterocycles. The lowest BCUT2D eigenvalue weighted by atomic mass is 10.2. The van der Waals surface area contributed by atoms with Crippen molar-refractivity contribution in [1.82, 2.24) is 14.8 Å². The van der Waals surface area contributed by atoms with Gasteiger partial charge in [-0.2, -0.15) is 0 Å². The van der Waals surface area contributed by atoms with Crippen molar-refractivity contribution < 1.29 is 4.74 Å². The maximum absolute atomic E-state index is 5.66. The van der Waals surface area contributed by atoms with Crippen molar-refractivity contribution in [2.24, 2.45) is 7.05 Å². The number of thioether (sulfide) groups is 1. The summed E-state index contributed by atoms with van der Waals surface area (Å²) in [5.41, 5.74) is 2.27. The van der Waals surface area contributed by atoms with E-state index in [-0.39, 0.29) is 0 Å². The van der Waals surface area contributed by atoms with Gasteiger partial charge in [-0.05, 0) is 37.1 Å². The molecule has 22 heavy (non-hydrogen) atoms. The molecule has 1 aliphatic heterocycles. The molecular weight excluding hydrogens is 296 g/mol. The second-order valence-corrected chi connectivity index (χ2v) is 6.74. The van der Waals surface area contributed by atoms with Gasteiger partial charge in [-0.25, -0.2) is 0 Å². The monoisotopic (exact) mass is 318 g/mol. The van der Waals surface area contributed by atoms with E-state index in [0.29, 0.717) is 6.10 Å². The summed E-state index contributed by atoms with van der Waals surface area (Å²) < 4.78 is 7.72. The Kier molecular flexibility index (Phi) is 4.69. The first-order valence-electron chi connectivity index (χ1n) is 7.56. The van der Waals surface area contributed by atoms with Gasteiger partial charge in [-0.15, -0.1) is 10.2 Å². The lowest BCUT2D eigenvalue weighted by Crippen LogP contribution is -2.09. The normalized spacial score (nSPS) is 17.9. The number of hydrogen-bond donors (Lipinski definition) is 0. The minimum absolute atomic E-state index is 0.365. The summed E-state index contributed by atoms with van der Waals surface area (Å²) in [5, 5.41) is 9.61. The minimum Gasteiger partial charge on any atom is -0.378 e. The largest absolute Gasteiger partial charge is 0.378 e. The Morgan fingerprint density at radius 2 is 2.05 bits per heavy atom. The second-order valence-electron chi connectivity index (χ2n) is 5.75. The number of benzene rings is 1. The molecule has 3 rings (SSSR count). The van der Waals surface area contributed by atoms with Crippen molar-refractivity contribution in [3.8, 4) is 11.4 Å². The number of hydrogen-bond acceptors (Lipinski definition) is 5. The molecule has 0 radical (unpaired) electrons. The van der Waals surface area contributed by atoms with Gasteiger partial charge in [0.2, 0.25) is 0 Å². The van der Waals surface area contributed by atoms with Gasteiger partial charge in [-0.3, -0.25) is 0 Å². The van der Waals surface area contributed by atoms with Gasteiger partial charge in [0.1, 0.15) is 0 Å². The summed E-state index contributed by atoms with van der Waals surface area (Å²) in [7, 11) is 6.10. The summed E-state index contributed by atoms with van der Waals surface area (Å²) in [6, 6.07) is 8.38. The Hall–Kier alpha value is -1.53. The van der Waals surface area contributed by atoms with Crippen LogP contribution in [0.1, 0.15) is 12.8 Å². The van der Waals surface area contributed by atoms with Crippen LogP contribution in [0.15, 0.2) is 29.4 Å². The van der Waals surface area contributed by atoms with Crippen molar-refractivity contribution in [2.45, 2.75) is 24.1 Å². The highest BCUT2D eigenvalue weighted by Gasteiger charge is 2.18. The molecule has 1 aromatic carbocycles. The fourth-order valence-corrected chi connectivity index (χ4v) is 3.52. The molecule has 1 unspecified atom stereocenters. The first-order valence-corrected chi connectivity index (χ1v) is 8.55. The minimum atomic E-state index is 0.365. The molecule has 1 aliphatic rings. The lowest BCUT2D eigenvalue weighted by molar-refractivity contribution is 0.129. The molecule has 1 aromatic heterocycles. The van der Waals surface area contributed by atoms with Gasteiger partial charge < -0.3 is 14.2 Å². The van der Waals surface area contributed by atoms with E-state index in [2.05, 4.69) is 43.9 Å². The molecule has 5 nitrogen and oxygen atoms in total. The van der Waals surface area contributed by atoms with Gasteiger partial charge in [0.25, 0.3) is 0 Å². The van der Waals surface area contributed by atoms with Crippen molar-refractivity contribution in [1.29, 1.82) is 0 Å². The molecule has 0 N–H and O–H groups in total. The summed E-state index contributed by atoms with van der Waals surface area (Å²) >= 11 is 1.72. The van der Waals surface area contributed by atoms with E-state index in [1.807, 2.05) is 21.1 Å². The van der Waals surface area contributed by atoms with Crippen LogP contribution in [-0.2, 0) is 11.8 Å². The van der Waals surface area contributed by atoms with E-state index in [4.69, 9.17) is 4.74 Å². The first-order chi connectivity index (χ1) is 10.6. The van der Waals surface area contributed by atoms with Crippen LogP contribution in [0.3, 0.4) is 0 Å². The number of aromatic nitrogens is 3. The van der Waals surface area contributed by atoms with Crippen LogP contribution < -0.4 is 4.90 Å². The molecular formula is C16H22N4OS. The fraction of sp³-hybridized carbons (Fsp3) is 0.500. The standard InChI is InChI=1S/C16H22N4OS/c1-19(2)13-8-6-12(7-9-13)15-17-18-16(20(15)3)22-11-14-5-4-10-21-14/h6-9,14H,4-5,10-11H2,1-3H3. The van der Waals surface area contributed by atoms with Crippen LogP contribution in [0.4, 0.5) is 5.69 Å². The molecule has 6 heteroatoms. The summed E-state index contributed by atoms with van der Waals surface area (Å²) in [6.45, 7) is 0.896. The highest BCUT2D eigenvalue weighted by molar-refractivity contribution is 7.99. The van der Waals surface area contributed by atoms with Crippen molar-refractivity contribution in [3.05, 3.63) is 24.3 Å². The first kappa shape index (κ1) is 15.4. The van der Waals surface area contributed by atoms with Crippen LogP contribution in [0.5, 0.6) is 0 Å². The van der Waals surface area contributed by atoms with E-state index >= 15 is 0 Å². The zero-order valence-corrected chi connectivity index (χ0v) is 14.1. The Balaban J connectivity index is 1.71. The van der Waals surface area contributed by atoms with Crippen LogP contribution in [-0.4, -0.2) is 47.3 Å². The van der Waals surface area contributed by atoms with E-state index in [1.165, 1.54) is 12.1 Å². The SMILES string of the molecule is CN(C)c1ccc(-c2nnc(SCC3CCCO3)n2C)cc1. The zero-order valence-electron chi connectivity index (χ0n) is 13.3. The van der Waals surface area contributed by atoms with Gasteiger partial charge in [-0.1, -0.05) is 11.8 Å². The molecule has 1 fully saturated rings. The third-order valence-corrected chi connectivity index (χ3v) is 5.05. The molecule has 0 aliphatic carbocycles. The van der Waals surface area contributed by atoms with Crippen LogP contribution in [0.25, 0.3) is 11.4 Å². The van der Waals surface area contributed by atoms with E-state index < -0.39 is 0 Å². The van der Waals surface area contributed by atoms with Gasteiger partial charge in [0, 0.05) is 44.8 Å². The molecule has 0 saturated carbocycles. The molecule has 1 saturated heterocycles. The highest BCUT2D eigenvalue weighted by atomic mass is 32.2. The lowest BCUT2D eigenvalue weighted by Gasteiger charge is -2.12. The Bertz CT molecular complexity index is 618. The smallest absolute Gasteiger partial charge is 0.191 e. The van der Waals surface area contributed by atoms with E-state index in [9.17, 15) is 0 Å². The third-order valence-electron chi connectivity index (χ3n) is 3.90. The average molecular weight is 318 g/mol. The van der Waals surface area contributed by atoms with Crippen LogP contribution in [0.2, 0.25) is 0 Å². The van der Waals surface area contributed by atoms with Crippen molar-refractivity contribution >= 4 is 17.4 Å². The quantitative estimate of drug-likeness (QED) is 0.793.